The molecule has 116 valence electrons. The van der Waals surface area contributed by atoms with Crippen LogP contribution in [0.2, 0.25) is 0 Å². The van der Waals surface area contributed by atoms with E-state index < -0.39 is 5.60 Å². The molecule has 0 aromatic heterocycles. The zero-order valence-corrected chi connectivity index (χ0v) is 14.6. The van der Waals surface area contributed by atoms with Crippen LogP contribution in [0.3, 0.4) is 0 Å². The molecule has 0 radical (unpaired) electrons. The van der Waals surface area contributed by atoms with Gasteiger partial charge < -0.3 is 15.7 Å². The maximum atomic E-state index is 10.1. The molecule has 6 heteroatoms. The van der Waals surface area contributed by atoms with Gasteiger partial charge in [0.1, 0.15) is 0 Å². The molecular weight excluding hydrogens is 367 g/mol. The number of likely N-dealkylation sites (tertiary alicyclic amines) is 1. The van der Waals surface area contributed by atoms with Crippen LogP contribution in [0, 0.1) is 0 Å². The number of halogens is 1. The maximum absolute atomic E-state index is 10.1. The van der Waals surface area contributed by atoms with Gasteiger partial charge in [0.05, 0.1) is 5.60 Å². The first kappa shape index (κ1) is 16.3. The van der Waals surface area contributed by atoms with Gasteiger partial charge in [-0.3, -0.25) is 9.89 Å². The Bertz CT molecular complexity index is 355. The Morgan fingerprint density at radius 3 is 2.65 bits per heavy atom. The van der Waals surface area contributed by atoms with Gasteiger partial charge in [-0.2, -0.15) is 0 Å². The van der Waals surface area contributed by atoms with Crippen molar-refractivity contribution in [3.8, 4) is 0 Å². The second kappa shape index (κ2) is 6.79. The van der Waals surface area contributed by atoms with E-state index in [2.05, 4.69) is 20.5 Å². The number of aliphatic imine (C=N–C) groups is 1. The van der Waals surface area contributed by atoms with E-state index in [1.54, 1.807) is 7.05 Å². The summed E-state index contributed by atoms with van der Waals surface area (Å²) >= 11 is 0. The Labute approximate surface area is 138 Å². The molecule has 0 spiro atoms. The molecule has 3 N–H and O–H groups in total. The van der Waals surface area contributed by atoms with Crippen molar-refractivity contribution in [1.82, 2.24) is 15.5 Å². The molecule has 0 aromatic rings. The van der Waals surface area contributed by atoms with E-state index >= 15 is 0 Å². The summed E-state index contributed by atoms with van der Waals surface area (Å²) in [7, 11) is 1.80. The van der Waals surface area contributed by atoms with Crippen molar-refractivity contribution < 1.29 is 5.11 Å². The largest absolute Gasteiger partial charge is 0.388 e. The SMILES string of the molecule is CN=C(NCC1(O)CCC1)NC1CCN(C2CC2)C1.I. The van der Waals surface area contributed by atoms with E-state index in [0.29, 0.717) is 12.6 Å². The molecule has 2 aliphatic carbocycles. The van der Waals surface area contributed by atoms with Gasteiger partial charge >= 0.3 is 0 Å². The number of hydrogen-bond acceptors (Lipinski definition) is 3. The third-order valence-corrected chi connectivity index (χ3v) is 4.72. The van der Waals surface area contributed by atoms with Crippen LogP contribution in [-0.2, 0) is 0 Å². The molecule has 0 aromatic carbocycles. The highest BCUT2D eigenvalue weighted by atomic mass is 127. The van der Waals surface area contributed by atoms with Crippen molar-refractivity contribution in [2.75, 3.05) is 26.7 Å². The third-order valence-electron chi connectivity index (χ3n) is 4.72. The Hall–Kier alpha value is -0.0800. The lowest BCUT2D eigenvalue weighted by Gasteiger charge is -2.37. The zero-order chi connectivity index (χ0) is 13.3. The summed E-state index contributed by atoms with van der Waals surface area (Å²) in [6.45, 7) is 2.96. The molecule has 1 heterocycles. The van der Waals surface area contributed by atoms with Crippen LogP contribution in [0.25, 0.3) is 0 Å². The minimum Gasteiger partial charge on any atom is -0.388 e. The first-order valence-corrected chi connectivity index (χ1v) is 7.62. The van der Waals surface area contributed by atoms with Gasteiger partial charge in [-0.25, -0.2) is 0 Å². The molecule has 0 amide bonds. The predicted octanol–water partition coefficient (Wildman–Crippen LogP) is 0.921. The van der Waals surface area contributed by atoms with E-state index in [0.717, 1.165) is 37.8 Å². The van der Waals surface area contributed by atoms with Crippen molar-refractivity contribution in [3.63, 3.8) is 0 Å². The molecule has 1 atom stereocenters. The predicted molar refractivity (Wildman–Crippen MR) is 91.7 cm³/mol. The second-order valence-electron chi connectivity index (χ2n) is 6.36. The summed E-state index contributed by atoms with van der Waals surface area (Å²) in [5.74, 6) is 0.836. The van der Waals surface area contributed by atoms with E-state index in [1.165, 1.54) is 25.8 Å². The van der Waals surface area contributed by atoms with E-state index in [9.17, 15) is 5.11 Å². The minimum absolute atomic E-state index is 0. The van der Waals surface area contributed by atoms with Gasteiger partial charge in [-0.15, -0.1) is 24.0 Å². The number of nitrogens with one attached hydrogen (secondary N) is 2. The number of rotatable bonds is 4. The summed E-state index contributed by atoms with van der Waals surface area (Å²) in [4.78, 5) is 6.85. The maximum Gasteiger partial charge on any atom is 0.191 e. The Morgan fingerprint density at radius 2 is 2.10 bits per heavy atom. The molecule has 20 heavy (non-hydrogen) atoms. The molecule has 3 rings (SSSR count). The van der Waals surface area contributed by atoms with Crippen LogP contribution in [0.4, 0.5) is 0 Å². The van der Waals surface area contributed by atoms with Gasteiger partial charge in [0, 0.05) is 38.8 Å². The smallest absolute Gasteiger partial charge is 0.191 e. The lowest BCUT2D eigenvalue weighted by Crippen LogP contribution is -2.52. The van der Waals surface area contributed by atoms with Gasteiger partial charge in [-0.05, 0) is 38.5 Å². The lowest BCUT2D eigenvalue weighted by molar-refractivity contribution is -0.0279. The summed E-state index contributed by atoms with van der Waals surface area (Å²) in [5.41, 5.74) is -0.493. The van der Waals surface area contributed by atoms with Gasteiger partial charge in [0.2, 0.25) is 0 Å². The Morgan fingerprint density at radius 1 is 1.35 bits per heavy atom. The standard InChI is InChI=1S/C14H26N4O.HI/c1-15-13(16-10-14(19)6-2-7-14)17-11-5-8-18(9-11)12-3-4-12;/h11-12,19H,2-10H2,1H3,(H2,15,16,17);1H. The fourth-order valence-electron chi connectivity index (χ4n) is 3.07. The normalized spacial score (nSPS) is 29.5. The highest BCUT2D eigenvalue weighted by Gasteiger charge is 2.36. The molecule has 3 fully saturated rings. The molecule has 1 saturated heterocycles. The van der Waals surface area contributed by atoms with Gasteiger partial charge in [0.15, 0.2) is 5.96 Å². The number of guanidine groups is 1. The molecular formula is C14H27IN4O. The number of nitrogens with zero attached hydrogens (tertiary/aromatic N) is 2. The Balaban J connectivity index is 0.00000147. The van der Waals surface area contributed by atoms with Gasteiger partial charge in [-0.1, -0.05) is 0 Å². The van der Waals surface area contributed by atoms with Crippen LogP contribution in [0.15, 0.2) is 4.99 Å². The van der Waals surface area contributed by atoms with Crippen molar-refractivity contribution in [2.45, 2.75) is 56.2 Å². The van der Waals surface area contributed by atoms with Crippen LogP contribution in [0.1, 0.15) is 38.5 Å². The third kappa shape index (κ3) is 3.98. The summed E-state index contributed by atoms with van der Waals surface area (Å²) in [6, 6.07) is 1.36. The van der Waals surface area contributed by atoms with E-state index in [1.807, 2.05) is 0 Å². The highest BCUT2D eigenvalue weighted by Crippen LogP contribution is 2.31. The summed E-state index contributed by atoms with van der Waals surface area (Å²) in [6.07, 6.45) is 6.93. The first-order valence-electron chi connectivity index (χ1n) is 7.62. The first-order chi connectivity index (χ1) is 9.18. The van der Waals surface area contributed by atoms with E-state index in [4.69, 9.17) is 0 Å². The molecule has 1 unspecified atom stereocenters. The van der Waals surface area contributed by atoms with Crippen LogP contribution in [-0.4, -0.2) is 60.3 Å². The monoisotopic (exact) mass is 394 g/mol. The van der Waals surface area contributed by atoms with Crippen molar-refractivity contribution in [1.29, 1.82) is 0 Å². The van der Waals surface area contributed by atoms with Gasteiger partial charge in [0.25, 0.3) is 0 Å². The van der Waals surface area contributed by atoms with Crippen molar-refractivity contribution >= 4 is 29.9 Å². The molecule has 1 aliphatic heterocycles. The lowest BCUT2D eigenvalue weighted by atomic mass is 9.80. The van der Waals surface area contributed by atoms with Crippen LogP contribution >= 0.6 is 24.0 Å². The fraction of sp³-hybridized carbons (Fsp3) is 0.929. The van der Waals surface area contributed by atoms with Crippen molar-refractivity contribution in [2.24, 2.45) is 4.99 Å². The molecule has 2 saturated carbocycles. The summed E-state index contributed by atoms with van der Waals surface area (Å²) < 4.78 is 0. The van der Waals surface area contributed by atoms with E-state index in [-0.39, 0.29) is 24.0 Å². The summed E-state index contributed by atoms with van der Waals surface area (Å²) in [5, 5.41) is 16.8. The van der Waals surface area contributed by atoms with Crippen LogP contribution < -0.4 is 10.6 Å². The fourth-order valence-corrected chi connectivity index (χ4v) is 3.07. The highest BCUT2D eigenvalue weighted by molar-refractivity contribution is 14.0. The molecule has 0 bridgehead atoms. The second-order valence-corrected chi connectivity index (χ2v) is 6.36. The zero-order valence-electron chi connectivity index (χ0n) is 12.3. The number of aliphatic hydroxyl groups is 1. The average Bonchev–Trinajstić information content (AvgIpc) is 3.13. The molecule has 3 aliphatic rings. The Kier molecular flexibility index (Phi) is 5.53. The van der Waals surface area contributed by atoms with Crippen LogP contribution in [0.5, 0.6) is 0 Å². The minimum atomic E-state index is -0.493. The molecule has 5 nitrogen and oxygen atoms in total. The van der Waals surface area contributed by atoms with Crippen molar-refractivity contribution in [3.05, 3.63) is 0 Å². The quantitative estimate of drug-likeness (QED) is 0.377. The number of hydrogen-bond donors (Lipinski definition) is 3. The topological polar surface area (TPSA) is 59.9 Å². The average molecular weight is 394 g/mol.